The van der Waals surface area contributed by atoms with E-state index in [4.69, 9.17) is 19.4 Å². The summed E-state index contributed by atoms with van der Waals surface area (Å²) in [5.74, 6) is 1.92. The van der Waals surface area contributed by atoms with E-state index in [1.54, 1.807) is 0 Å². The maximum atomic E-state index is 11.9. The number of aryl methyl sites for hydroxylation is 1. The van der Waals surface area contributed by atoms with Gasteiger partial charge in [-0.3, -0.25) is 4.79 Å². The molecule has 5 rings (SSSR count). The Morgan fingerprint density at radius 3 is 2.88 bits per heavy atom. The first-order valence-corrected chi connectivity index (χ1v) is 14.8. The zero-order valence-corrected chi connectivity index (χ0v) is 25.5. The van der Waals surface area contributed by atoms with Crippen molar-refractivity contribution in [1.29, 1.82) is 0 Å². The second-order valence-electron chi connectivity index (χ2n) is 11.4. The van der Waals surface area contributed by atoms with Crippen molar-refractivity contribution in [3.63, 3.8) is 0 Å². The molecule has 3 N–H and O–H groups in total. The molecule has 1 aromatic heterocycles. The standard InChI is InChI=1S/C32H43N7O3/c1-7-20(3)18-39(15-13-33-27(40)8-2)30-24-16-22(5)29(28-21(4)11-12-26-25(28)17-34-37-26)42-31(24)36-32(35-30)41-19-23-10-9-14-38(23)6/h7-8,11-12,23,34,37H,2,9-10,13-19H2,1,3-6H3,(H,33,40)/b20-7-/t23-/m0/s1. The predicted molar refractivity (Wildman–Crippen MR) is 167 cm³/mol. The molecule has 0 aliphatic carbocycles. The third kappa shape index (κ3) is 6.29. The highest BCUT2D eigenvalue weighted by Gasteiger charge is 2.31. The van der Waals surface area contributed by atoms with Crippen molar-refractivity contribution < 1.29 is 14.3 Å². The molecule has 10 heteroatoms. The highest BCUT2D eigenvalue weighted by atomic mass is 16.5. The van der Waals surface area contributed by atoms with Gasteiger partial charge in [0.05, 0.1) is 11.3 Å². The normalized spacial score (nSPS) is 18.2. The van der Waals surface area contributed by atoms with Gasteiger partial charge in [0.2, 0.25) is 11.8 Å². The second-order valence-corrected chi connectivity index (χ2v) is 11.4. The molecule has 1 saturated heterocycles. The molecule has 0 saturated carbocycles. The lowest BCUT2D eigenvalue weighted by molar-refractivity contribution is -0.116. The summed E-state index contributed by atoms with van der Waals surface area (Å²) < 4.78 is 13.0. The fraction of sp³-hybridized carbons (Fsp3) is 0.469. The van der Waals surface area contributed by atoms with Crippen LogP contribution in [0.4, 0.5) is 11.5 Å². The van der Waals surface area contributed by atoms with Gasteiger partial charge in [0.15, 0.2) is 0 Å². The average Bonchev–Trinajstić information content (AvgIpc) is 3.63. The van der Waals surface area contributed by atoms with Crippen LogP contribution in [-0.2, 0) is 17.8 Å². The van der Waals surface area contributed by atoms with Gasteiger partial charge in [-0.1, -0.05) is 24.3 Å². The number of fused-ring (bicyclic) bond motifs is 2. The molecule has 3 aliphatic rings. The molecule has 1 atom stereocenters. The van der Waals surface area contributed by atoms with Crippen LogP contribution >= 0.6 is 0 Å². The Morgan fingerprint density at radius 1 is 1.31 bits per heavy atom. The molecule has 1 amide bonds. The summed E-state index contributed by atoms with van der Waals surface area (Å²) in [6, 6.07) is 4.85. The molecule has 1 fully saturated rings. The highest BCUT2D eigenvalue weighted by molar-refractivity contribution is 5.86. The first-order valence-electron chi connectivity index (χ1n) is 14.8. The van der Waals surface area contributed by atoms with Crippen LogP contribution in [0.2, 0.25) is 0 Å². The van der Waals surface area contributed by atoms with E-state index in [0.717, 1.165) is 58.9 Å². The zero-order chi connectivity index (χ0) is 29.8. The molecule has 3 aliphatic heterocycles. The number of allylic oxidation sites excluding steroid dienone is 2. The number of hydrazine groups is 1. The van der Waals surface area contributed by atoms with Crippen molar-refractivity contribution in [2.24, 2.45) is 0 Å². The largest absolute Gasteiger partial charge is 0.462 e. The molecular weight excluding hydrogens is 530 g/mol. The second kappa shape index (κ2) is 13.0. The van der Waals surface area contributed by atoms with Gasteiger partial charge in [0, 0.05) is 49.8 Å². The molecule has 42 heavy (non-hydrogen) atoms. The van der Waals surface area contributed by atoms with Gasteiger partial charge >= 0.3 is 6.01 Å². The number of amides is 1. The number of carbonyl (C=O) groups excluding carboxylic acids is 1. The topological polar surface area (TPSA) is 104 Å². The lowest BCUT2D eigenvalue weighted by atomic mass is 9.93. The Hall–Kier alpha value is -3.89. The maximum absolute atomic E-state index is 11.9. The molecule has 0 bridgehead atoms. The van der Waals surface area contributed by atoms with E-state index in [1.165, 1.54) is 17.2 Å². The maximum Gasteiger partial charge on any atom is 0.321 e. The summed E-state index contributed by atoms with van der Waals surface area (Å²) in [7, 11) is 2.13. The fourth-order valence-electron chi connectivity index (χ4n) is 5.80. The first-order chi connectivity index (χ1) is 20.3. The number of benzene rings is 1. The number of hydrogen-bond acceptors (Lipinski definition) is 9. The van der Waals surface area contributed by atoms with Crippen molar-refractivity contribution in [2.75, 3.05) is 50.2 Å². The van der Waals surface area contributed by atoms with Crippen LogP contribution in [0.3, 0.4) is 0 Å². The van der Waals surface area contributed by atoms with Gasteiger partial charge in [-0.2, -0.15) is 9.97 Å². The number of aromatic nitrogens is 2. The number of hydrogen-bond donors (Lipinski definition) is 3. The molecule has 2 aromatic rings. The number of ether oxygens (including phenoxy) is 2. The Balaban J connectivity index is 1.53. The van der Waals surface area contributed by atoms with Crippen LogP contribution in [0.15, 0.2) is 42.0 Å². The summed E-state index contributed by atoms with van der Waals surface area (Å²) in [6.07, 6.45) is 6.27. The average molecular weight is 574 g/mol. The smallest absolute Gasteiger partial charge is 0.321 e. The minimum absolute atomic E-state index is 0.200. The van der Waals surface area contributed by atoms with Crippen molar-refractivity contribution in [3.8, 4) is 11.9 Å². The molecule has 4 heterocycles. The van der Waals surface area contributed by atoms with Crippen LogP contribution < -0.4 is 30.5 Å². The lowest BCUT2D eigenvalue weighted by Crippen LogP contribution is -2.37. The Morgan fingerprint density at radius 2 is 2.14 bits per heavy atom. The molecule has 0 radical (unpaired) electrons. The summed E-state index contributed by atoms with van der Waals surface area (Å²) in [5, 5.41) is 2.90. The van der Waals surface area contributed by atoms with E-state index < -0.39 is 0 Å². The van der Waals surface area contributed by atoms with E-state index in [-0.39, 0.29) is 5.91 Å². The first kappa shape index (κ1) is 29.6. The number of carbonyl (C=O) groups is 1. The van der Waals surface area contributed by atoms with E-state index >= 15 is 0 Å². The van der Waals surface area contributed by atoms with Crippen molar-refractivity contribution in [1.82, 2.24) is 25.6 Å². The SMILES string of the molecule is C=CC(=O)NCCN(C/C(C)=C\C)c1nc(OC[C@@H]2CCCN2C)nc2c1CC(C)=C(c1c(C)ccc3c1CNN3)O2. The summed E-state index contributed by atoms with van der Waals surface area (Å²) in [5.41, 5.74) is 14.2. The molecule has 10 nitrogen and oxygen atoms in total. The van der Waals surface area contributed by atoms with E-state index in [2.05, 4.69) is 78.6 Å². The third-order valence-corrected chi connectivity index (χ3v) is 8.37. The number of rotatable bonds is 11. The molecule has 0 spiro atoms. The number of nitrogens with zero attached hydrogens (tertiary/aromatic N) is 4. The van der Waals surface area contributed by atoms with Gasteiger partial charge in [-0.15, -0.1) is 0 Å². The summed E-state index contributed by atoms with van der Waals surface area (Å²) in [6.45, 7) is 15.9. The van der Waals surface area contributed by atoms with Crippen LogP contribution in [0.25, 0.3) is 5.76 Å². The van der Waals surface area contributed by atoms with Crippen LogP contribution in [-0.4, -0.2) is 66.7 Å². The van der Waals surface area contributed by atoms with Crippen molar-refractivity contribution in [2.45, 2.75) is 59.5 Å². The van der Waals surface area contributed by atoms with Crippen molar-refractivity contribution in [3.05, 3.63) is 64.3 Å². The summed E-state index contributed by atoms with van der Waals surface area (Å²) >= 11 is 0. The monoisotopic (exact) mass is 573 g/mol. The minimum atomic E-state index is -0.200. The van der Waals surface area contributed by atoms with Gasteiger partial charge < -0.3 is 30.0 Å². The Bertz CT molecular complexity index is 1420. The molecule has 224 valence electrons. The number of anilines is 2. The van der Waals surface area contributed by atoms with Crippen LogP contribution in [0, 0.1) is 6.92 Å². The van der Waals surface area contributed by atoms with E-state index in [9.17, 15) is 4.79 Å². The van der Waals surface area contributed by atoms with Gasteiger partial charge in [0.25, 0.3) is 0 Å². The van der Waals surface area contributed by atoms with Crippen LogP contribution in [0.1, 0.15) is 55.9 Å². The zero-order valence-electron chi connectivity index (χ0n) is 25.5. The van der Waals surface area contributed by atoms with E-state index in [0.29, 0.717) is 57.1 Å². The highest BCUT2D eigenvalue weighted by Crippen LogP contribution is 2.42. The number of nitrogens with one attached hydrogen (secondary N) is 3. The van der Waals surface area contributed by atoms with Crippen LogP contribution in [0.5, 0.6) is 11.9 Å². The molecule has 1 aromatic carbocycles. The molecular formula is C32H43N7O3. The Kier molecular flexibility index (Phi) is 9.13. The molecule has 0 unspecified atom stereocenters. The number of likely N-dealkylation sites (tertiary alicyclic amines) is 1. The fourth-order valence-corrected chi connectivity index (χ4v) is 5.80. The minimum Gasteiger partial charge on any atom is -0.462 e. The Labute approximate surface area is 248 Å². The van der Waals surface area contributed by atoms with Gasteiger partial charge in [-0.05, 0) is 77.4 Å². The van der Waals surface area contributed by atoms with Gasteiger partial charge in [0.1, 0.15) is 18.2 Å². The lowest BCUT2D eigenvalue weighted by Gasteiger charge is -2.30. The third-order valence-electron chi connectivity index (χ3n) is 8.37. The van der Waals surface area contributed by atoms with Crippen molar-refractivity contribution >= 4 is 23.2 Å². The number of likely N-dealkylation sites (N-methyl/N-ethyl adjacent to an activating group) is 1. The van der Waals surface area contributed by atoms with Gasteiger partial charge in [-0.25, -0.2) is 5.43 Å². The predicted octanol–water partition coefficient (Wildman–Crippen LogP) is 4.13. The quantitative estimate of drug-likeness (QED) is 0.270. The van der Waals surface area contributed by atoms with E-state index in [1.807, 2.05) is 6.92 Å². The summed E-state index contributed by atoms with van der Waals surface area (Å²) in [4.78, 5) is 26.2.